The van der Waals surface area contributed by atoms with E-state index in [1.54, 1.807) is 23.1 Å². The monoisotopic (exact) mass is 376 g/mol. The minimum Gasteiger partial charge on any atom is -0.346 e. The van der Waals surface area contributed by atoms with Crippen molar-refractivity contribution in [2.45, 2.75) is 11.4 Å². The first-order chi connectivity index (χ1) is 12.2. The van der Waals surface area contributed by atoms with E-state index in [1.807, 2.05) is 23.5 Å². The van der Waals surface area contributed by atoms with E-state index in [1.165, 1.54) is 10.5 Å². The van der Waals surface area contributed by atoms with Crippen LogP contribution in [0.1, 0.15) is 5.56 Å². The summed E-state index contributed by atoms with van der Waals surface area (Å²) in [7, 11) is 1.89. The molecular weight excluding hydrogens is 352 g/mol. The van der Waals surface area contributed by atoms with Gasteiger partial charge in [-0.3, -0.25) is 9.69 Å². The molecule has 7 heteroatoms. The number of piperazine rings is 1. The van der Waals surface area contributed by atoms with E-state index in [0.29, 0.717) is 13.1 Å². The van der Waals surface area contributed by atoms with E-state index in [2.05, 4.69) is 45.3 Å². The number of anilines is 1. The maximum absolute atomic E-state index is 12.5. The molecule has 0 spiro atoms. The lowest BCUT2D eigenvalue weighted by molar-refractivity contribution is -0.131. The van der Waals surface area contributed by atoms with Gasteiger partial charge in [0.05, 0.1) is 6.54 Å². The number of rotatable bonds is 6. The normalized spacial score (nSPS) is 15.4. The Labute approximate surface area is 157 Å². The van der Waals surface area contributed by atoms with Crippen LogP contribution < -0.4 is 4.90 Å². The first-order valence-electron chi connectivity index (χ1n) is 8.39. The zero-order valence-corrected chi connectivity index (χ0v) is 16.4. The van der Waals surface area contributed by atoms with Crippen molar-refractivity contribution in [1.29, 1.82) is 0 Å². The zero-order chi connectivity index (χ0) is 17.6. The van der Waals surface area contributed by atoms with Gasteiger partial charge >= 0.3 is 0 Å². The minimum absolute atomic E-state index is 0.177. The third-order valence-electron chi connectivity index (χ3n) is 4.43. The zero-order valence-electron chi connectivity index (χ0n) is 14.7. The number of likely N-dealkylation sites (N-methyl/N-ethyl adjacent to an activating group) is 1. The van der Waals surface area contributed by atoms with E-state index >= 15 is 0 Å². The standard InChI is InChI=1S/C18H24N4OS2/c1-20(13-15-3-5-16(24-2)6-4-15)17(23)14-21-8-10-22(11-9-21)18-19-7-12-25-18/h3-7,12H,8-11,13-14H2,1-2H3. The van der Waals surface area contributed by atoms with E-state index in [9.17, 15) is 4.79 Å². The van der Waals surface area contributed by atoms with Gasteiger partial charge in [0, 0.05) is 56.2 Å². The highest BCUT2D eigenvalue weighted by molar-refractivity contribution is 7.98. The fraction of sp³-hybridized carbons (Fsp3) is 0.444. The van der Waals surface area contributed by atoms with Gasteiger partial charge in [0.2, 0.25) is 5.91 Å². The Bertz CT molecular complexity index is 667. The van der Waals surface area contributed by atoms with Crippen molar-refractivity contribution >= 4 is 34.1 Å². The van der Waals surface area contributed by atoms with Crippen molar-refractivity contribution in [3.8, 4) is 0 Å². The van der Waals surface area contributed by atoms with Gasteiger partial charge in [-0.15, -0.1) is 23.1 Å². The second-order valence-corrected chi connectivity index (χ2v) is 7.93. The Morgan fingerprint density at radius 3 is 2.56 bits per heavy atom. The van der Waals surface area contributed by atoms with Crippen LogP contribution in [0.4, 0.5) is 5.13 Å². The van der Waals surface area contributed by atoms with Gasteiger partial charge in [0.1, 0.15) is 0 Å². The highest BCUT2D eigenvalue weighted by Gasteiger charge is 2.21. The highest BCUT2D eigenvalue weighted by Crippen LogP contribution is 2.19. The quantitative estimate of drug-likeness (QED) is 0.725. The molecule has 0 radical (unpaired) electrons. The second-order valence-electron chi connectivity index (χ2n) is 6.18. The Kier molecular flexibility index (Phi) is 6.34. The lowest BCUT2D eigenvalue weighted by atomic mass is 10.2. The number of amides is 1. The fourth-order valence-corrected chi connectivity index (χ4v) is 3.98. The largest absolute Gasteiger partial charge is 0.346 e. The Balaban J connectivity index is 1.45. The highest BCUT2D eigenvalue weighted by atomic mass is 32.2. The molecule has 3 rings (SSSR count). The van der Waals surface area contributed by atoms with Crippen LogP contribution in [0.3, 0.4) is 0 Å². The number of nitrogens with zero attached hydrogens (tertiary/aromatic N) is 4. The first kappa shape index (κ1) is 18.2. The summed E-state index contributed by atoms with van der Waals surface area (Å²) in [5.41, 5.74) is 1.17. The maximum atomic E-state index is 12.5. The molecule has 0 bridgehead atoms. The predicted molar refractivity (Wildman–Crippen MR) is 105 cm³/mol. The molecular formula is C18H24N4OS2. The molecule has 25 heavy (non-hydrogen) atoms. The van der Waals surface area contributed by atoms with Gasteiger partial charge in [-0.25, -0.2) is 4.98 Å². The number of carbonyl (C=O) groups is 1. The lowest BCUT2D eigenvalue weighted by Crippen LogP contribution is -2.49. The summed E-state index contributed by atoms with van der Waals surface area (Å²) in [6.45, 7) is 4.82. The van der Waals surface area contributed by atoms with Gasteiger partial charge in [-0.1, -0.05) is 12.1 Å². The van der Waals surface area contributed by atoms with Gasteiger partial charge in [-0.05, 0) is 24.0 Å². The number of thioether (sulfide) groups is 1. The Morgan fingerprint density at radius 1 is 1.24 bits per heavy atom. The average Bonchev–Trinajstić information content (AvgIpc) is 3.17. The van der Waals surface area contributed by atoms with E-state index in [-0.39, 0.29) is 5.91 Å². The Hall–Kier alpha value is -1.57. The second kappa shape index (κ2) is 8.69. The summed E-state index contributed by atoms with van der Waals surface area (Å²) in [5.74, 6) is 0.177. The van der Waals surface area contributed by atoms with Gasteiger partial charge < -0.3 is 9.80 Å². The molecule has 1 aliphatic heterocycles. The van der Waals surface area contributed by atoms with E-state index in [4.69, 9.17) is 0 Å². The predicted octanol–water partition coefficient (Wildman–Crippen LogP) is 2.65. The number of thiazole rings is 1. The van der Waals surface area contributed by atoms with Crippen LogP contribution in [0.2, 0.25) is 0 Å². The number of carbonyl (C=O) groups excluding carboxylic acids is 1. The van der Waals surface area contributed by atoms with Crippen LogP contribution in [0.15, 0.2) is 40.7 Å². The smallest absolute Gasteiger partial charge is 0.236 e. The van der Waals surface area contributed by atoms with Crippen molar-refractivity contribution in [2.75, 3.05) is 50.9 Å². The summed E-state index contributed by atoms with van der Waals surface area (Å²) in [6.07, 6.45) is 3.91. The van der Waals surface area contributed by atoms with Crippen LogP contribution in [0, 0.1) is 0 Å². The molecule has 0 aliphatic carbocycles. The SMILES string of the molecule is CSc1ccc(CN(C)C(=O)CN2CCN(c3nccs3)CC2)cc1. The van der Waals surface area contributed by atoms with Crippen molar-refractivity contribution in [2.24, 2.45) is 0 Å². The molecule has 0 atom stereocenters. The lowest BCUT2D eigenvalue weighted by Gasteiger charge is -2.34. The first-order valence-corrected chi connectivity index (χ1v) is 10.5. The molecule has 2 heterocycles. The summed E-state index contributed by atoms with van der Waals surface area (Å²) >= 11 is 3.40. The number of hydrogen-bond donors (Lipinski definition) is 0. The van der Waals surface area contributed by atoms with Crippen LogP contribution in [0.25, 0.3) is 0 Å². The van der Waals surface area contributed by atoms with Gasteiger partial charge in [-0.2, -0.15) is 0 Å². The van der Waals surface area contributed by atoms with Crippen molar-refractivity contribution < 1.29 is 4.79 Å². The third-order valence-corrected chi connectivity index (χ3v) is 6.00. The Morgan fingerprint density at radius 2 is 1.96 bits per heavy atom. The number of hydrogen-bond acceptors (Lipinski definition) is 6. The third kappa shape index (κ3) is 4.96. The van der Waals surface area contributed by atoms with E-state index in [0.717, 1.165) is 31.3 Å². The molecule has 1 fully saturated rings. The average molecular weight is 377 g/mol. The van der Waals surface area contributed by atoms with E-state index < -0.39 is 0 Å². The van der Waals surface area contributed by atoms with Crippen LogP contribution in [-0.4, -0.2) is 66.7 Å². The molecule has 5 nitrogen and oxygen atoms in total. The topological polar surface area (TPSA) is 39.7 Å². The van der Waals surface area contributed by atoms with Crippen molar-refractivity contribution in [1.82, 2.24) is 14.8 Å². The van der Waals surface area contributed by atoms with Gasteiger partial charge in [0.15, 0.2) is 5.13 Å². The molecule has 1 aliphatic rings. The molecule has 1 saturated heterocycles. The van der Waals surface area contributed by atoms with Crippen molar-refractivity contribution in [3.05, 3.63) is 41.4 Å². The van der Waals surface area contributed by atoms with Crippen LogP contribution in [-0.2, 0) is 11.3 Å². The maximum Gasteiger partial charge on any atom is 0.236 e. The summed E-state index contributed by atoms with van der Waals surface area (Å²) < 4.78 is 0. The summed E-state index contributed by atoms with van der Waals surface area (Å²) in [4.78, 5) is 24.5. The van der Waals surface area contributed by atoms with Gasteiger partial charge in [0.25, 0.3) is 0 Å². The molecule has 134 valence electrons. The molecule has 0 saturated carbocycles. The summed E-state index contributed by atoms with van der Waals surface area (Å²) in [5, 5.41) is 3.09. The van der Waals surface area contributed by atoms with Crippen LogP contribution in [0.5, 0.6) is 0 Å². The number of aromatic nitrogens is 1. The molecule has 1 amide bonds. The molecule has 0 N–H and O–H groups in total. The fourth-order valence-electron chi connectivity index (χ4n) is 2.87. The molecule has 2 aromatic rings. The number of benzene rings is 1. The minimum atomic E-state index is 0.177. The molecule has 1 aromatic carbocycles. The van der Waals surface area contributed by atoms with Crippen LogP contribution >= 0.6 is 23.1 Å². The molecule has 0 unspecified atom stereocenters. The van der Waals surface area contributed by atoms with Crippen molar-refractivity contribution in [3.63, 3.8) is 0 Å². The summed E-state index contributed by atoms with van der Waals surface area (Å²) in [6, 6.07) is 8.41. The molecule has 1 aromatic heterocycles.